The highest BCUT2D eigenvalue weighted by molar-refractivity contribution is 7.99. The van der Waals surface area contributed by atoms with E-state index in [9.17, 15) is 0 Å². The lowest BCUT2D eigenvalue weighted by molar-refractivity contribution is -0.0366. The van der Waals surface area contributed by atoms with Crippen LogP contribution in [-0.2, 0) is 4.74 Å². The van der Waals surface area contributed by atoms with Gasteiger partial charge in [-0.3, -0.25) is 4.98 Å². The van der Waals surface area contributed by atoms with Gasteiger partial charge in [-0.1, -0.05) is 17.8 Å². The minimum absolute atomic E-state index is 0.0235. The number of hydrogen-bond donors (Lipinski definition) is 0. The zero-order valence-electron chi connectivity index (χ0n) is 17.7. The van der Waals surface area contributed by atoms with Crippen LogP contribution in [0.25, 0.3) is 21.9 Å². The molecule has 4 heterocycles. The van der Waals surface area contributed by atoms with Crippen LogP contribution in [-0.4, -0.2) is 43.9 Å². The van der Waals surface area contributed by atoms with Crippen molar-refractivity contribution in [3.8, 4) is 11.5 Å². The molecule has 5 rings (SSSR count). The molecule has 4 aromatic rings. The molecule has 160 valence electrons. The predicted octanol–water partition coefficient (Wildman–Crippen LogP) is 5.62. The normalized spacial score (nSPS) is 16.8. The molecule has 7 nitrogen and oxygen atoms in total. The molecule has 1 unspecified atom stereocenters. The first-order valence-electron chi connectivity index (χ1n) is 10.2. The summed E-state index contributed by atoms with van der Waals surface area (Å²) < 4.78 is 14.4. The lowest BCUT2D eigenvalue weighted by atomic mass is 10.1. The van der Waals surface area contributed by atoms with Crippen molar-refractivity contribution in [1.29, 1.82) is 0 Å². The molecule has 0 bridgehead atoms. The van der Waals surface area contributed by atoms with E-state index < -0.39 is 0 Å². The van der Waals surface area contributed by atoms with Gasteiger partial charge in [0, 0.05) is 18.9 Å². The molecule has 31 heavy (non-hydrogen) atoms. The molecular weight excluding hydrogens is 430 g/mol. The largest absolute Gasteiger partial charge is 0.454 e. The fraction of sp³-hybridized carbons (Fsp3) is 0.364. The smallest absolute Gasteiger partial charge is 0.189 e. The van der Waals surface area contributed by atoms with E-state index in [1.54, 1.807) is 18.0 Å². The second-order valence-electron chi connectivity index (χ2n) is 7.38. The number of aryl methyl sites for hydroxylation is 1. The SMILES string of the molecule is CSc1nc(SC)c2nccc(Oc3c(C)ccc4c3cnn4C3CCCCO3)c2n1. The Labute approximate surface area is 189 Å². The number of fused-ring (bicyclic) bond motifs is 2. The number of aromatic nitrogens is 5. The lowest BCUT2D eigenvalue weighted by Crippen LogP contribution is -2.18. The first kappa shape index (κ1) is 20.5. The van der Waals surface area contributed by atoms with E-state index in [4.69, 9.17) is 14.5 Å². The van der Waals surface area contributed by atoms with Crippen molar-refractivity contribution < 1.29 is 9.47 Å². The third-order valence-corrected chi connectivity index (χ3v) is 6.66. The molecule has 1 atom stereocenters. The van der Waals surface area contributed by atoms with Gasteiger partial charge in [0.15, 0.2) is 17.1 Å². The highest BCUT2D eigenvalue weighted by Crippen LogP contribution is 2.38. The van der Waals surface area contributed by atoms with Crippen molar-refractivity contribution >= 4 is 45.5 Å². The van der Waals surface area contributed by atoms with Gasteiger partial charge >= 0.3 is 0 Å². The predicted molar refractivity (Wildman–Crippen MR) is 124 cm³/mol. The third-order valence-electron chi connectivity index (χ3n) is 5.44. The van der Waals surface area contributed by atoms with Crippen molar-refractivity contribution in [2.75, 3.05) is 19.1 Å². The van der Waals surface area contributed by atoms with Crippen LogP contribution >= 0.6 is 23.5 Å². The summed E-state index contributed by atoms with van der Waals surface area (Å²) in [5.74, 6) is 1.44. The zero-order valence-corrected chi connectivity index (χ0v) is 19.3. The molecule has 1 saturated heterocycles. The Kier molecular flexibility index (Phi) is 5.73. The van der Waals surface area contributed by atoms with Crippen LogP contribution in [0.3, 0.4) is 0 Å². The summed E-state index contributed by atoms with van der Waals surface area (Å²) in [5.41, 5.74) is 3.51. The second-order valence-corrected chi connectivity index (χ2v) is 8.95. The molecule has 0 saturated carbocycles. The van der Waals surface area contributed by atoms with Gasteiger partial charge in [-0.15, -0.1) is 11.8 Å². The molecule has 1 aromatic carbocycles. The molecule has 3 aromatic heterocycles. The van der Waals surface area contributed by atoms with Crippen molar-refractivity contribution in [2.24, 2.45) is 0 Å². The van der Waals surface area contributed by atoms with Gasteiger partial charge in [-0.25, -0.2) is 14.6 Å². The summed E-state index contributed by atoms with van der Waals surface area (Å²) in [6.45, 7) is 2.82. The van der Waals surface area contributed by atoms with E-state index in [-0.39, 0.29) is 6.23 Å². The quantitative estimate of drug-likeness (QED) is 0.219. The maximum absolute atomic E-state index is 6.49. The molecule has 0 N–H and O–H groups in total. The van der Waals surface area contributed by atoms with Crippen LogP contribution in [0.1, 0.15) is 31.1 Å². The first-order chi connectivity index (χ1) is 15.2. The monoisotopic (exact) mass is 453 g/mol. The number of hydrogen-bond acceptors (Lipinski definition) is 8. The summed E-state index contributed by atoms with van der Waals surface area (Å²) in [5, 5.41) is 7.15. The fourth-order valence-corrected chi connectivity index (χ4v) is 4.82. The highest BCUT2D eigenvalue weighted by Gasteiger charge is 2.21. The van der Waals surface area contributed by atoms with Gasteiger partial charge in [0.2, 0.25) is 0 Å². The Balaban J connectivity index is 1.62. The van der Waals surface area contributed by atoms with Crippen molar-refractivity contribution in [3.63, 3.8) is 0 Å². The van der Waals surface area contributed by atoms with Crippen molar-refractivity contribution in [2.45, 2.75) is 42.6 Å². The second kappa shape index (κ2) is 8.64. The van der Waals surface area contributed by atoms with E-state index >= 15 is 0 Å². The minimum atomic E-state index is -0.0235. The Morgan fingerprint density at radius 1 is 1.10 bits per heavy atom. The van der Waals surface area contributed by atoms with E-state index in [1.165, 1.54) is 11.8 Å². The minimum Gasteiger partial charge on any atom is -0.454 e. The molecule has 1 fully saturated rings. The van der Waals surface area contributed by atoms with Crippen LogP contribution in [0, 0.1) is 6.92 Å². The molecule has 9 heteroatoms. The van der Waals surface area contributed by atoms with Crippen LogP contribution < -0.4 is 4.74 Å². The van der Waals surface area contributed by atoms with E-state index in [0.717, 1.165) is 58.6 Å². The van der Waals surface area contributed by atoms with Gasteiger partial charge in [0.05, 0.1) is 17.1 Å². The molecule has 0 amide bonds. The topological polar surface area (TPSA) is 75.0 Å². The summed E-state index contributed by atoms with van der Waals surface area (Å²) in [6, 6.07) is 6.02. The summed E-state index contributed by atoms with van der Waals surface area (Å²) in [4.78, 5) is 13.8. The van der Waals surface area contributed by atoms with E-state index in [1.807, 2.05) is 36.4 Å². The fourth-order valence-electron chi connectivity index (χ4n) is 3.87. The molecule has 1 aliphatic rings. The number of benzene rings is 1. The Morgan fingerprint density at radius 2 is 2.00 bits per heavy atom. The number of ether oxygens (including phenoxy) is 2. The van der Waals surface area contributed by atoms with E-state index in [0.29, 0.717) is 16.4 Å². The standard InChI is InChI=1S/C22H23N5O2S2/c1-13-7-8-15-14(12-24-27(15)17-6-4-5-11-28-17)20(13)29-16-9-10-23-19-18(16)25-22(31-3)26-21(19)30-2/h7-10,12,17H,4-6,11H2,1-3H3. The first-order valence-corrected chi connectivity index (χ1v) is 12.7. The average Bonchev–Trinajstić information content (AvgIpc) is 3.25. The van der Waals surface area contributed by atoms with Gasteiger partial charge in [0.1, 0.15) is 21.8 Å². The van der Waals surface area contributed by atoms with Gasteiger partial charge in [-0.2, -0.15) is 5.10 Å². The maximum Gasteiger partial charge on any atom is 0.189 e. The number of thioether (sulfide) groups is 2. The molecule has 0 radical (unpaired) electrons. The molecule has 0 aliphatic carbocycles. The van der Waals surface area contributed by atoms with Crippen LogP contribution in [0.5, 0.6) is 11.5 Å². The van der Waals surface area contributed by atoms with E-state index in [2.05, 4.69) is 27.2 Å². The summed E-state index contributed by atoms with van der Waals surface area (Å²) in [7, 11) is 0. The van der Waals surface area contributed by atoms with Crippen LogP contribution in [0.4, 0.5) is 0 Å². The van der Waals surface area contributed by atoms with Crippen molar-refractivity contribution in [3.05, 3.63) is 36.2 Å². The number of nitrogens with zero attached hydrogens (tertiary/aromatic N) is 5. The van der Waals surface area contributed by atoms with Gasteiger partial charge < -0.3 is 9.47 Å². The average molecular weight is 454 g/mol. The Morgan fingerprint density at radius 3 is 2.77 bits per heavy atom. The lowest BCUT2D eigenvalue weighted by Gasteiger charge is -2.23. The molecule has 1 aliphatic heterocycles. The Bertz CT molecular complexity index is 1250. The maximum atomic E-state index is 6.49. The number of pyridine rings is 1. The zero-order chi connectivity index (χ0) is 21.4. The summed E-state index contributed by atoms with van der Waals surface area (Å²) in [6.07, 6.45) is 10.8. The Hall–Kier alpha value is -2.36. The molecular formula is C22H23N5O2S2. The van der Waals surface area contributed by atoms with Crippen molar-refractivity contribution in [1.82, 2.24) is 24.7 Å². The highest BCUT2D eigenvalue weighted by atomic mass is 32.2. The van der Waals surface area contributed by atoms with Gasteiger partial charge in [0.25, 0.3) is 0 Å². The van der Waals surface area contributed by atoms with Crippen LogP contribution in [0.15, 0.2) is 40.8 Å². The number of rotatable bonds is 5. The summed E-state index contributed by atoms with van der Waals surface area (Å²) >= 11 is 3.06. The third kappa shape index (κ3) is 3.75. The molecule has 0 spiro atoms. The van der Waals surface area contributed by atoms with Gasteiger partial charge in [-0.05, 0) is 50.3 Å². The van der Waals surface area contributed by atoms with Crippen LogP contribution in [0.2, 0.25) is 0 Å².